The molecule has 0 aromatic carbocycles. The number of hydrogen-bond acceptors (Lipinski definition) is 4. The Morgan fingerprint density at radius 2 is 2.60 bits per heavy atom. The Balaban J connectivity index is 2.43. The van der Waals surface area contributed by atoms with E-state index >= 15 is 0 Å². The molecule has 0 amide bonds. The number of carbonyl (C=O) groups excluding carboxylic acids is 1. The van der Waals surface area contributed by atoms with Crippen molar-refractivity contribution in [2.24, 2.45) is 0 Å². The Hall–Kier alpha value is -0.450. The van der Waals surface area contributed by atoms with Gasteiger partial charge < -0.3 is 9.84 Å². The molecular formula is C6H11NO3. The van der Waals surface area contributed by atoms with Gasteiger partial charge in [0.25, 0.3) is 0 Å². The number of aliphatic hydroxyl groups is 1. The number of nitrogens with zero attached hydrogens (tertiary/aromatic N) is 1. The van der Waals surface area contributed by atoms with Crippen LogP contribution in [0.15, 0.2) is 0 Å². The molecule has 0 saturated carbocycles. The zero-order valence-electron chi connectivity index (χ0n) is 5.86. The lowest BCUT2D eigenvalue weighted by molar-refractivity contribution is -0.123. The Morgan fingerprint density at radius 1 is 1.90 bits per heavy atom. The largest absolute Gasteiger partial charge is 0.394 e. The van der Waals surface area contributed by atoms with Gasteiger partial charge in [-0.3, -0.25) is 9.69 Å². The maximum absolute atomic E-state index is 10.2. The van der Waals surface area contributed by atoms with Gasteiger partial charge in [0.2, 0.25) is 0 Å². The summed E-state index contributed by atoms with van der Waals surface area (Å²) in [4.78, 5) is 12.0. The van der Waals surface area contributed by atoms with Crippen LogP contribution in [0.25, 0.3) is 0 Å². The molecule has 4 heteroatoms. The highest BCUT2D eigenvalue weighted by molar-refractivity contribution is 5.55. The van der Waals surface area contributed by atoms with Crippen molar-refractivity contribution >= 4 is 6.29 Å². The van der Waals surface area contributed by atoms with Gasteiger partial charge in [0.1, 0.15) is 0 Å². The quantitative estimate of drug-likeness (QED) is 0.498. The molecule has 0 radical (unpaired) electrons. The minimum absolute atomic E-state index is 0.0192. The predicted octanol–water partition coefficient (Wildman–Crippen LogP) is -1.17. The topological polar surface area (TPSA) is 49.8 Å². The van der Waals surface area contributed by atoms with Gasteiger partial charge in [-0.25, -0.2) is 0 Å². The molecule has 0 aliphatic carbocycles. The van der Waals surface area contributed by atoms with Gasteiger partial charge in [-0.1, -0.05) is 0 Å². The summed E-state index contributed by atoms with van der Waals surface area (Å²) in [5.74, 6) is 0. The average Bonchev–Trinajstić information content (AvgIpc) is 2.30. The molecule has 0 aromatic rings. The van der Waals surface area contributed by atoms with Crippen LogP contribution < -0.4 is 0 Å². The van der Waals surface area contributed by atoms with Crippen LogP contribution >= 0.6 is 0 Å². The van der Waals surface area contributed by atoms with E-state index in [1.54, 1.807) is 11.9 Å². The average molecular weight is 145 g/mol. The second-order valence-corrected chi connectivity index (χ2v) is 2.41. The number of hydrogen-bond donors (Lipinski definition) is 1. The van der Waals surface area contributed by atoms with E-state index < -0.39 is 6.23 Å². The van der Waals surface area contributed by atoms with Gasteiger partial charge in [-0.2, -0.15) is 0 Å². The van der Waals surface area contributed by atoms with Crippen molar-refractivity contribution in [3.05, 3.63) is 0 Å². The zero-order valence-corrected chi connectivity index (χ0v) is 5.86. The Labute approximate surface area is 59.4 Å². The molecule has 1 aliphatic heterocycles. The van der Waals surface area contributed by atoms with Crippen LogP contribution in [0.5, 0.6) is 0 Å². The highest BCUT2D eigenvalue weighted by atomic mass is 16.5. The van der Waals surface area contributed by atoms with Gasteiger partial charge >= 0.3 is 0 Å². The van der Waals surface area contributed by atoms with Crippen molar-refractivity contribution in [2.75, 3.05) is 20.2 Å². The maximum Gasteiger partial charge on any atom is 0.167 e. The van der Waals surface area contributed by atoms with E-state index in [-0.39, 0.29) is 12.7 Å². The van der Waals surface area contributed by atoms with Gasteiger partial charge in [0, 0.05) is 6.54 Å². The second kappa shape index (κ2) is 3.09. The lowest BCUT2D eigenvalue weighted by atomic mass is 10.4. The van der Waals surface area contributed by atoms with Crippen LogP contribution in [0, 0.1) is 0 Å². The normalized spacial score (nSPS) is 34.6. The monoisotopic (exact) mass is 145 g/mol. The first-order valence-corrected chi connectivity index (χ1v) is 3.19. The van der Waals surface area contributed by atoms with Crippen molar-refractivity contribution in [1.29, 1.82) is 0 Å². The molecule has 1 unspecified atom stereocenters. The summed E-state index contributed by atoms with van der Waals surface area (Å²) >= 11 is 0. The molecule has 2 atom stereocenters. The van der Waals surface area contributed by atoms with Gasteiger partial charge in [-0.15, -0.1) is 0 Å². The van der Waals surface area contributed by atoms with Gasteiger partial charge in [-0.05, 0) is 7.05 Å². The predicted molar refractivity (Wildman–Crippen MR) is 34.4 cm³/mol. The summed E-state index contributed by atoms with van der Waals surface area (Å²) in [5, 5.41) is 8.63. The smallest absolute Gasteiger partial charge is 0.167 e. The third-order valence-corrected chi connectivity index (χ3v) is 1.58. The van der Waals surface area contributed by atoms with E-state index in [2.05, 4.69) is 0 Å². The minimum atomic E-state index is -0.461. The van der Waals surface area contributed by atoms with Crippen molar-refractivity contribution in [1.82, 2.24) is 4.90 Å². The Bertz CT molecular complexity index is 128. The molecule has 0 spiro atoms. The third kappa shape index (κ3) is 1.34. The highest BCUT2D eigenvalue weighted by Gasteiger charge is 2.28. The Kier molecular flexibility index (Phi) is 2.37. The van der Waals surface area contributed by atoms with Crippen LogP contribution in [0.3, 0.4) is 0 Å². The summed E-state index contributed by atoms with van der Waals surface area (Å²) in [6, 6.07) is 0. The number of rotatable bonds is 2. The lowest BCUT2D eigenvalue weighted by Gasteiger charge is -2.08. The van der Waals surface area contributed by atoms with E-state index in [9.17, 15) is 4.79 Å². The molecule has 1 rings (SSSR count). The molecule has 58 valence electrons. The lowest BCUT2D eigenvalue weighted by Crippen LogP contribution is -2.26. The van der Waals surface area contributed by atoms with E-state index in [0.717, 1.165) is 6.29 Å². The molecule has 10 heavy (non-hydrogen) atoms. The fourth-order valence-electron chi connectivity index (χ4n) is 1.01. The number of aliphatic hydroxyl groups excluding tert-OH is 1. The standard InChI is InChI=1S/C6H11NO3/c1-7-2-5(3-8)10-6(7)4-9/h4-6,8H,2-3H2,1H3/t5-,6?/m0/s1. The van der Waals surface area contributed by atoms with Crippen molar-refractivity contribution in [2.45, 2.75) is 12.3 Å². The van der Waals surface area contributed by atoms with E-state index in [4.69, 9.17) is 9.84 Å². The van der Waals surface area contributed by atoms with Crippen LogP contribution in [-0.2, 0) is 9.53 Å². The van der Waals surface area contributed by atoms with Crippen LogP contribution in [0.1, 0.15) is 0 Å². The first-order chi connectivity index (χ1) is 4.77. The van der Waals surface area contributed by atoms with Crippen molar-refractivity contribution < 1.29 is 14.6 Å². The van der Waals surface area contributed by atoms with Crippen molar-refractivity contribution in [3.8, 4) is 0 Å². The zero-order chi connectivity index (χ0) is 7.56. The van der Waals surface area contributed by atoms with Crippen LogP contribution in [0.2, 0.25) is 0 Å². The minimum Gasteiger partial charge on any atom is -0.394 e. The van der Waals surface area contributed by atoms with E-state index in [1.807, 2.05) is 0 Å². The molecule has 4 nitrogen and oxygen atoms in total. The molecule has 1 aliphatic rings. The van der Waals surface area contributed by atoms with E-state index in [0.29, 0.717) is 6.54 Å². The summed E-state index contributed by atoms with van der Waals surface area (Å²) < 4.78 is 5.08. The second-order valence-electron chi connectivity index (χ2n) is 2.41. The highest BCUT2D eigenvalue weighted by Crippen LogP contribution is 2.10. The summed E-state index contributed by atoms with van der Waals surface area (Å²) in [6.07, 6.45) is 0.0766. The van der Waals surface area contributed by atoms with E-state index in [1.165, 1.54) is 0 Å². The molecular weight excluding hydrogens is 134 g/mol. The molecule has 0 bridgehead atoms. The molecule has 1 N–H and O–H groups in total. The Morgan fingerprint density at radius 3 is 2.90 bits per heavy atom. The van der Waals surface area contributed by atoms with Gasteiger partial charge in [0.05, 0.1) is 12.7 Å². The molecule has 1 saturated heterocycles. The summed E-state index contributed by atoms with van der Waals surface area (Å²) in [6.45, 7) is 0.606. The fourth-order valence-corrected chi connectivity index (χ4v) is 1.01. The fraction of sp³-hybridized carbons (Fsp3) is 0.833. The van der Waals surface area contributed by atoms with Crippen LogP contribution in [0.4, 0.5) is 0 Å². The molecule has 1 heterocycles. The molecule has 1 fully saturated rings. The number of carbonyl (C=O) groups is 1. The SMILES string of the molecule is CN1C[C@@H](CO)OC1C=O. The maximum atomic E-state index is 10.2. The first-order valence-electron chi connectivity index (χ1n) is 3.19. The number of ether oxygens (including phenoxy) is 1. The van der Waals surface area contributed by atoms with Crippen LogP contribution in [-0.4, -0.2) is 48.8 Å². The van der Waals surface area contributed by atoms with Crippen molar-refractivity contribution in [3.63, 3.8) is 0 Å². The van der Waals surface area contributed by atoms with Gasteiger partial charge in [0.15, 0.2) is 12.5 Å². The summed E-state index contributed by atoms with van der Waals surface area (Å²) in [7, 11) is 1.79. The number of likely N-dealkylation sites (N-methyl/N-ethyl adjacent to an activating group) is 1. The number of aldehydes is 1. The third-order valence-electron chi connectivity index (χ3n) is 1.58. The first kappa shape index (κ1) is 7.65. The molecule has 0 aromatic heterocycles. The summed E-state index contributed by atoms with van der Waals surface area (Å²) in [5.41, 5.74) is 0.